The minimum absolute atomic E-state index is 0.143. The molecule has 0 atom stereocenters. The third kappa shape index (κ3) is 5.29. The number of nitrogens with zero attached hydrogens (tertiary/aromatic N) is 1. The number of rotatable bonds is 6. The van der Waals surface area contributed by atoms with Gasteiger partial charge in [-0.1, -0.05) is 72.4 Å². The second-order valence-electron chi connectivity index (χ2n) is 6.83. The Morgan fingerprint density at radius 2 is 1.55 bits per heavy atom. The molecule has 1 amide bonds. The maximum absolute atomic E-state index is 12.6. The molecule has 0 fully saturated rings. The number of thioether (sulfide) groups is 1. The predicted molar refractivity (Wildman–Crippen MR) is 133 cm³/mol. The molecule has 4 rings (SSSR count). The summed E-state index contributed by atoms with van der Waals surface area (Å²) in [5, 5.41) is 3.39. The lowest BCUT2D eigenvalue weighted by Crippen LogP contribution is -2.15. The quantitative estimate of drug-likeness (QED) is 0.248. The lowest BCUT2D eigenvalue weighted by atomic mass is 10.1. The van der Waals surface area contributed by atoms with Gasteiger partial charge in [0.25, 0.3) is 5.22 Å². The summed E-state index contributed by atoms with van der Waals surface area (Å²) >= 11 is 8.28. The normalized spacial score (nSPS) is 10.8. The number of aromatic nitrogens is 1. The number of oxazole rings is 1. The van der Waals surface area contributed by atoms with E-state index in [0.717, 1.165) is 31.3 Å². The van der Waals surface area contributed by atoms with E-state index in [1.807, 2.05) is 79.7 Å². The monoisotopic (exact) mass is 556 g/mol. The average Bonchev–Trinajstić information content (AvgIpc) is 3.20. The fourth-order valence-electron chi connectivity index (χ4n) is 3.06. The number of carbonyl (C=O) groups excluding carboxylic acids is 1. The van der Waals surface area contributed by atoms with E-state index in [4.69, 9.17) is 4.42 Å². The molecule has 0 unspecified atom stereocenters. The van der Waals surface area contributed by atoms with Gasteiger partial charge in [-0.25, -0.2) is 4.98 Å². The molecular formula is C24H18Br2N2O2S. The second kappa shape index (κ2) is 9.85. The van der Waals surface area contributed by atoms with Crippen LogP contribution in [0.2, 0.25) is 0 Å². The molecule has 0 bridgehead atoms. The SMILES string of the molecule is Cc1cc(Br)c(NC(=O)CSc2nc(-c3ccccc3)c(-c3ccccc3)o2)c(Br)c1. The van der Waals surface area contributed by atoms with Crippen molar-refractivity contribution in [2.24, 2.45) is 0 Å². The van der Waals surface area contributed by atoms with Gasteiger partial charge in [-0.2, -0.15) is 0 Å². The van der Waals surface area contributed by atoms with Gasteiger partial charge in [-0.3, -0.25) is 4.79 Å². The number of halogens is 2. The Bertz CT molecular complexity index is 1130. The van der Waals surface area contributed by atoms with Gasteiger partial charge < -0.3 is 9.73 Å². The first kappa shape index (κ1) is 21.9. The summed E-state index contributed by atoms with van der Waals surface area (Å²) in [4.78, 5) is 17.2. The molecule has 0 aliphatic carbocycles. The zero-order valence-corrected chi connectivity index (χ0v) is 20.6. The van der Waals surface area contributed by atoms with Gasteiger partial charge in [-0.05, 0) is 56.5 Å². The van der Waals surface area contributed by atoms with Crippen molar-refractivity contribution >= 4 is 55.2 Å². The number of carbonyl (C=O) groups is 1. The van der Waals surface area contributed by atoms with Crippen molar-refractivity contribution < 1.29 is 9.21 Å². The van der Waals surface area contributed by atoms with Crippen LogP contribution in [0.15, 0.2) is 91.4 Å². The topological polar surface area (TPSA) is 55.1 Å². The number of nitrogens with one attached hydrogen (secondary N) is 1. The Balaban J connectivity index is 1.54. The van der Waals surface area contributed by atoms with Crippen LogP contribution >= 0.6 is 43.6 Å². The zero-order chi connectivity index (χ0) is 21.8. The Labute approximate surface area is 201 Å². The van der Waals surface area contributed by atoms with E-state index in [1.54, 1.807) is 0 Å². The third-order valence-corrected chi connectivity index (χ3v) is 6.55. The Kier molecular flexibility index (Phi) is 6.95. The van der Waals surface area contributed by atoms with E-state index < -0.39 is 0 Å². The fourth-order valence-corrected chi connectivity index (χ4v) is 5.30. The standard InChI is InChI=1S/C24H18Br2N2O2S/c1-15-12-18(25)22(19(26)13-15)27-20(29)14-31-24-28-21(16-8-4-2-5-9-16)23(30-24)17-10-6-3-7-11-17/h2-13H,14H2,1H3,(H,27,29). The van der Waals surface area contributed by atoms with Crippen LogP contribution in [-0.2, 0) is 4.79 Å². The van der Waals surface area contributed by atoms with Crippen molar-refractivity contribution in [3.05, 3.63) is 87.3 Å². The second-order valence-corrected chi connectivity index (χ2v) is 9.47. The van der Waals surface area contributed by atoms with Crippen LogP contribution in [0.5, 0.6) is 0 Å². The summed E-state index contributed by atoms with van der Waals surface area (Å²) in [5.74, 6) is 0.727. The number of hydrogen-bond donors (Lipinski definition) is 1. The lowest BCUT2D eigenvalue weighted by Gasteiger charge is -2.10. The van der Waals surface area contributed by atoms with Gasteiger partial charge in [0.1, 0.15) is 5.69 Å². The lowest BCUT2D eigenvalue weighted by molar-refractivity contribution is -0.113. The van der Waals surface area contributed by atoms with Crippen molar-refractivity contribution in [2.75, 3.05) is 11.1 Å². The summed E-state index contributed by atoms with van der Waals surface area (Å²) in [6, 6.07) is 23.7. The number of hydrogen-bond acceptors (Lipinski definition) is 4. The first-order chi connectivity index (χ1) is 15.0. The van der Waals surface area contributed by atoms with Gasteiger partial charge in [0.05, 0.1) is 11.4 Å². The Morgan fingerprint density at radius 1 is 0.968 bits per heavy atom. The molecule has 3 aromatic carbocycles. The average molecular weight is 558 g/mol. The summed E-state index contributed by atoms with van der Waals surface area (Å²) in [6.45, 7) is 1.99. The molecule has 1 aromatic heterocycles. The minimum Gasteiger partial charge on any atom is -0.431 e. The van der Waals surface area contributed by atoms with Crippen molar-refractivity contribution in [2.45, 2.75) is 12.1 Å². The number of benzene rings is 3. The molecule has 0 aliphatic rings. The van der Waals surface area contributed by atoms with E-state index in [0.29, 0.717) is 16.7 Å². The van der Waals surface area contributed by atoms with Crippen molar-refractivity contribution in [3.8, 4) is 22.6 Å². The molecule has 0 radical (unpaired) electrons. The van der Waals surface area contributed by atoms with Crippen molar-refractivity contribution in [3.63, 3.8) is 0 Å². The third-order valence-electron chi connectivity index (χ3n) is 4.47. The molecule has 0 aliphatic heterocycles. The van der Waals surface area contributed by atoms with E-state index >= 15 is 0 Å². The summed E-state index contributed by atoms with van der Waals surface area (Å²) in [5.41, 5.74) is 4.47. The van der Waals surface area contributed by atoms with Gasteiger partial charge in [0.15, 0.2) is 5.76 Å². The molecule has 156 valence electrons. The van der Waals surface area contributed by atoms with Crippen LogP contribution in [0.1, 0.15) is 5.56 Å². The summed E-state index contributed by atoms with van der Waals surface area (Å²) in [7, 11) is 0. The molecule has 1 heterocycles. The minimum atomic E-state index is -0.143. The van der Waals surface area contributed by atoms with Crippen LogP contribution < -0.4 is 5.32 Å². The van der Waals surface area contributed by atoms with Crippen LogP contribution in [0.3, 0.4) is 0 Å². The van der Waals surface area contributed by atoms with Gasteiger partial charge in [0, 0.05) is 20.1 Å². The molecule has 0 saturated carbocycles. The maximum Gasteiger partial charge on any atom is 0.257 e. The van der Waals surface area contributed by atoms with Gasteiger partial charge >= 0.3 is 0 Å². The summed E-state index contributed by atoms with van der Waals surface area (Å²) < 4.78 is 7.72. The van der Waals surface area contributed by atoms with Crippen molar-refractivity contribution in [1.29, 1.82) is 0 Å². The van der Waals surface area contributed by atoms with E-state index in [9.17, 15) is 4.79 Å². The molecule has 0 saturated heterocycles. The van der Waals surface area contributed by atoms with Crippen LogP contribution in [-0.4, -0.2) is 16.6 Å². The molecule has 0 spiro atoms. The molecule has 31 heavy (non-hydrogen) atoms. The van der Waals surface area contributed by atoms with Gasteiger partial charge in [-0.15, -0.1) is 0 Å². The van der Waals surface area contributed by atoms with E-state index in [-0.39, 0.29) is 11.7 Å². The molecule has 4 nitrogen and oxygen atoms in total. The highest BCUT2D eigenvalue weighted by Crippen LogP contribution is 2.36. The zero-order valence-electron chi connectivity index (χ0n) is 16.6. The highest BCUT2D eigenvalue weighted by Gasteiger charge is 2.18. The van der Waals surface area contributed by atoms with Crippen LogP contribution in [0, 0.1) is 6.92 Å². The predicted octanol–water partition coefficient (Wildman–Crippen LogP) is 7.57. The molecule has 4 aromatic rings. The fraction of sp³-hybridized carbons (Fsp3) is 0.0833. The van der Waals surface area contributed by atoms with E-state index in [1.165, 1.54) is 11.8 Å². The number of anilines is 1. The highest BCUT2D eigenvalue weighted by molar-refractivity contribution is 9.11. The highest BCUT2D eigenvalue weighted by atomic mass is 79.9. The molecule has 1 N–H and O–H groups in total. The molecular weight excluding hydrogens is 540 g/mol. The number of aryl methyl sites for hydroxylation is 1. The smallest absolute Gasteiger partial charge is 0.257 e. The van der Waals surface area contributed by atoms with Crippen molar-refractivity contribution in [1.82, 2.24) is 4.98 Å². The Morgan fingerprint density at radius 3 is 2.16 bits per heavy atom. The van der Waals surface area contributed by atoms with Crippen LogP contribution in [0.25, 0.3) is 22.6 Å². The van der Waals surface area contributed by atoms with Crippen LogP contribution in [0.4, 0.5) is 5.69 Å². The largest absolute Gasteiger partial charge is 0.431 e. The molecule has 7 heteroatoms. The number of amides is 1. The summed E-state index contributed by atoms with van der Waals surface area (Å²) in [6.07, 6.45) is 0. The first-order valence-electron chi connectivity index (χ1n) is 9.51. The van der Waals surface area contributed by atoms with E-state index in [2.05, 4.69) is 42.2 Å². The van der Waals surface area contributed by atoms with Gasteiger partial charge in [0.2, 0.25) is 5.91 Å². The Hall–Kier alpha value is -2.35. The maximum atomic E-state index is 12.6. The first-order valence-corrected chi connectivity index (χ1v) is 12.1.